The largest absolute Gasteiger partial charge is 0.481 e. The summed E-state index contributed by atoms with van der Waals surface area (Å²) >= 11 is 0. The molecule has 2 heterocycles. The number of halogens is 1. The number of hydrogen-bond acceptors (Lipinski definition) is 3. The second-order valence-electron chi connectivity index (χ2n) is 9.56. The van der Waals surface area contributed by atoms with E-state index in [2.05, 4.69) is 30.5 Å². The van der Waals surface area contributed by atoms with Crippen molar-refractivity contribution < 1.29 is 23.8 Å². The molecule has 1 aliphatic heterocycles. The average molecular weight is 454 g/mol. The molecular formula is C27H32FNO4. The Kier molecular flexibility index (Phi) is 6.59. The first-order chi connectivity index (χ1) is 15.6. The van der Waals surface area contributed by atoms with E-state index in [1.807, 2.05) is 38.1 Å². The van der Waals surface area contributed by atoms with Crippen LogP contribution in [0, 0.1) is 5.82 Å². The minimum Gasteiger partial charge on any atom is -0.481 e. The average Bonchev–Trinajstić information content (AvgIpc) is 3.05. The van der Waals surface area contributed by atoms with Gasteiger partial charge in [0.25, 0.3) is 0 Å². The molecule has 2 aromatic carbocycles. The summed E-state index contributed by atoms with van der Waals surface area (Å²) in [5.74, 6) is -1.95. The molecule has 33 heavy (non-hydrogen) atoms. The highest BCUT2D eigenvalue weighted by atomic mass is 19.1. The quantitative estimate of drug-likeness (QED) is 0.453. The molecule has 0 radical (unpaired) electrons. The summed E-state index contributed by atoms with van der Waals surface area (Å²) in [4.78, 5) is 11.3. The molecule has 1 saturated heterocycles. The number of carboxylic acid groups (broad SMARTS) is 1. The van der Waals surface area contributed by atoms with Gasteiger partial charge in [-0.3, -0.25) is 4.79 Å². The van der Waals surface area contributed by atoms with Crippen LogP contribution in [0.3, 0.4) is 0 Å². The number of para-hydroxylation sites is 1. The normalized spacial score (nSPS) is 20.4. The molecule has 3 aromatic rings. The number of aromatic nitrogens is 1. The summed E-state index contributed by atoms with van der Waals surface area (Å²) in [5, 5.41) is 10.4. The van der Waals surface area contributed by atoms with Crippen LogP contribution in [0.4, 0.5) is 4.39 Å². The fourth-order valence-corrected chi connectivity index (χ4v) is 5.10. The Bertz CT molecular complexity index is 1130. The molecule has 6 heteroatoms. The van der Waals surface area contributed by atoms with Crippen LogP contribution in [0.1, 0.15) is 58.7 Å². The van der Waals surface area contributed by atoms with Crippen molar-refractivity contribution in [3.05, 3.63) is 60.0 Å². The minimum absolute atomic E-state index is 0.0314. The van der Waals surface area contributed by atoms with Gasteiger partial charge in [0.15, 0.2) is 5.79 Å². The van der Waals surface area contributed by atoms with Gasteiger partial charge in [-0.2, -0.15) is 0 Å². The van der Waals surface area contributed by atoms with Crippen molar-refractivity contribution in [3.63, 3.8) is 0 Å². The second-order valence-corrected chi connectivity index (χ2v) is 9.56. The molecule has 2 atom stereocenters. The zero-order chi connectivity index (χ0) is 23.8. The molecule has 0 aliphatic carbocycles. The molecule has 5 nitrogen and oxygen atoms in total. The van der Waals surface area contributed by atoms with Crippen LogP contribution in [0.5, 0.6) is 0 Å². The smallest absolute Gasteiger partial charge is 0.305 e. The third-order valence-electron chi connectivity index (χ3n) is 6.19. The lowest BCUT2D eigenvalue weighted by Gasteiger charge is -2.40. The maximum atomic E-state index is 13.7. The first-order valence-corrected chi connectivity index (χ1v) is 11.6. The Hall–Kier alpha value is -2.70. The van der Waals surface area contributed by atoms with Gasteiger partial charge in [-0.25, -0.2) is 4.39 Å². The summed E-state index contributed by atoms with van der Waals surface area (Å²) in [6, 6.07) is 15.2. The summed E-state index contributed by atoms with van der Waals surface area (Å²) in [7, 11) is 0. The zero-order valence-electron chi connectivity index (χ0n) is 19.7. The van der Waals surface area contributed by atoms with Gasteiger partial charge in [-0.15, -0.1) is 0 Å². The lowest BCUT2D eigenvalue weighted by atomic mass is 9.96. The van der Waals surface area contributed by atoms with Gasteiger partial charge in [-0.05, 0) is 64.3 Å². The van der Waals surface area contributed by atoms with E-state index in [1.54, 1.807) is 0 Å². The number of rotatable bonds is 7. The van der Waals surface area contributed by atoms with Crippen LogP contribution >= 0.6 is 0 Å². The number of aliphatic carboxylic acids is 1. The number of carbonyl (C=O) groups is 1. The van der Waals surface area contributed by atoms with Gasteiger partial charge < -0.3 is 19.1 Å². The van der Waals surface area contributed by atoms with Crippen molar-refractivity contribution in [2.75, 3.05) is 0 Å². The molecule has 0 bridgehead atoms. The fraction of sp³-hybridized carbons (Fsp3) is 0.444. The van der Waals surface area contributed by atoms with Gasteiger partial charge >= 0.3 is 5.97 Å². The lowest BCUT2D eigenvalue weighted by Crippen LogP contribution is -2.45. The van der Waals surface area contributed by atoms with Crippen LogP contribution in [-0.2, 0) is 20.7 Å². The number of nitrogens with zero attached hydrogens (tertiary/aromatic N) is 1. The van der Waals surface area contributed by atoms with Crippen LogP contribution in [0.2, 0.25) is 0 Å². The molecule has 1 aromatic heterocycles. The van der Waals surface area contributed by atoms with E-state index < -0.39 is 11.8 Å². The molecule has 1 aliphatic rings. The van der Waals surface area contributed by atoms with Crippen molar-refractivity contribution in [1.82, 2.24) is 4.57 Å². The molecular weight excluding hydrogens is 421 g/mol. The summed E-state index contributed by atoms with van der Waals surface area (Å²) in [5.41, 5.74) is 4.44. The number of ether oxygens (including phenoxy) is 2. The highest BCUT2D eigenvalue weighted by Gasteiger charge is 2.36. The first-order valence-electron chi connectivity index (χ1n) is 11.6. The summed E-state index contributed by atoms with van der Waals surface area (Å²) < 4.78 is 28.0. The molecule has 0 amide bonds. The van der Waals surface area contributed by atoms with Crippen molar-refractivity contribution in [2.24, 2.45) is 0 Å². The fourth-order valence-electron chi connectivity index (χ4n) is 5.10. The van der Waals surface area contributed by atoms with E-state index in [9.17, 15) is 14.3 Å². The van der Waals surface area contributed by atoms with Crippen LogP contribution in [0.25, 0.3) is 22.0 Å². The van der Waals surface area contributed by atoms with Crippen molar-refractivity contribution in [3.8, 4) is 11.1 Å². The molecule has 1 fully saturated rings. The Balaban J connectivity index is 1.71. The van der Waals surface area contributed by atoms with Crippen LogP contribution < -0.4 is 0 Å². The zero-order valence-corrected chi connectivity index (χ0v) is 19.7. The van der Waals surface area contributed by atoms with Crippen LogP contribution in [0.15, 0.2) is 48.5 Å². The molecule has 0 saturated carbocycles. The molecule has 1 N–H and O–H groups in total. The SMILES string of the molecule is CC(C)n1c(CCC2CC(CC(=O)O)OC(C)(C)O2)c(-c2ccc([19F])cc2)c2ccccc21. The number of hydrogen-bond donors (Lipinski definition) is 1. The van der Waals surface area contributed by atoms with E-state index in [1.165, 1.54) is 17.8 Å². The number of carboxylic acids is 1. The third kappa shape index (κ3) is 5.12. The number of benzene rings is 2. The standard InChI is InChI=1S/C27H32FNO4/c1-17(2)29-23-8-6-5-7-22(23)26(18-9-11-19(28)12-10-18)24(29)14-13-20-15-21(16-25(30)31)33-27(3,4)32-20/h5-12,17,20-21H,13-16H2,1-4H3,(H,30,31)/i28+0. The predicted molar refractivity (Wildman–Crippen MR) is 127 cm³/mol. The van der Waals surface area contributed by atoms with E-state index in [-0.39, 0.29) is 30.5 Å². The summed E-state index contributed by atoms with van der Waals surface area (Å²) in [6.07, 6.45) is 1.52. The highest BCUT2D eigenvalue weighted by molar-refractivity contribution is 5.98. The van der Waals surface area contributed by atoms with Crippen molar-refractivity contribution >= 4 is 16.9 Å². The predicted octanol–water partition coefficient (Wildman–Crippen LogP) is 6.35. The third-order valence-corrected chi connectivity index (χ3v) is 6.19. The molecule has 2 unspecified atom stereocenters. The Labute approximate surface area is 194 Å². The van der Waals surface area contributed by atoms with Gasteiger partial charge in [0.05, 0.1) is 18.6 Å². The number of fused-ring (bicyclic) bond motifs is 1. The maximum Gasteiger partial charge on any atom is 0.305 e. The Morgan fingerprint density at radius 2 is 1.79 bits per heavy atom. The maximum absolute atomic E-state index is 13.7. The molecule has 176 valence electrons. The Morgan fingerprint density at radius 1 is 1.12 bits per heavy atom. The Morgan fingerprint density at radius 3 is 2.45 bits per heavy atom. The van der Waals surface area contributed by atoms with Gasteiger partial charge in [0, 0.05) is 34.6 Å². The van der Waals surface area contributed by atoms with E-state index >= 15 is 0 Å². The van der Waals surface area contributed by atoms with Gasteiger partial charge in [0.1, 0.15) is 5.82 Å². The summed E-state index contributed by atoms with van der Waals surface area (Å²) in [6.45, 7) is 8.01. The highest BCUT2D eigenvalue weighted by Crippen LogP contribution is 2.39. The van der Waals surface area contributed by atoms with Crippen molar-refractivity contribution in [1.29, 1.82) is 0 Å². The molecule has 0 spiro atoms. The second kappa shape index (κ2) is 9.27. The topological polar surface area (TPSA) is 60.7 Å². The minimum atomic E-state index is -0.866. The van der Waals surface area contributed by atoms with E-state index in [0.29, 0.717) is 6.42 Å². The van der Waals surface area contributed by atoms with Gasteiger partial charge in [0.2, 0.25) is 0 Å². The van der Waals surface area contributed by atoms with E-state index in [4.69, 9.17) is 9.47 Å². The lowest BCUT2D eigenvalue weighted by molar-refractivity contribution is -0.300. The monoisotopic (exact) mass is 453 g/mol. The van der Waals surface area contributed by atoms with E-state index in [0.717, 1.165) is 34.9 Å². The van der Waals surface area contributed by atoms with Gasteiger partial charge in [-0.1, -0.05) is 30.3 Å². The molecule has 4 rings (SSSR count). The van der Waals surface area contributed by atoms with Crippen molar-refractivity contribution in [2.45, 2.75) is 77.4 Å². The van der Waals surface area contributed by atoms with Crippen LogP contribution in [-0.4, -0.2) is 33.6 Å². The first kappa shape index (κ1) is 23.5.